The Morgan fingerprint density at radius 2 is 1.73 bits per heavy atom. The number of methoxy groups -OCH3 is 2. The van der Waals surface area contributed by atoms with Gasteiger partial charge in [-0.2, -0.15) is 0 Å². The van der Waals surface area contributed by atoms with E-state index in [-0.39, 0.29) is 5.75 Å². The molecule has 0 radical (unpaired) electrons. The third-order valence-electron chi connectivity index (χ3n) is 4.99. The molecule has 0 bridgehead atoms. The summed E-state index contributed by atoms with van der Waals surface area (Å²) in [6.45, 7) is 1.91. The van der Waals surface area contributed by atoms with Gasteiger partial charge in [0.25, 0.3) is 0 Å². The molecule has 0 spiro atoms. The Hall–Kier alpha value is -3.80. The number of aromatic hydroxyl groups is 1. The van der Waals surface area contributed by atoms with E-state index in [0.717, 1.165) is 22.5 Å². The maximum Gasteiger partial charge on any atom is 0.162 e. The quantitative estimate of drug-likeness (QED) is 0.480. The molecule has 2 N–H and O–H groups in total. The lowest BCUT2D eigenvalue weighted by Gasteiger charge is -2.22. The van der Waals surface area contributed by atoms with E-state index in [1.54, 1.807) is 20.4 Å². The highest BCUT2D eigenvalue weighted by atomic mass is 16.5. The Morgan fingerprint density at radius 1 is 0.933 bits per heavy atom. The molecule has 0 aliphatic carbocycles. The highest BCUT2D eigenvalue weighted by molar-refractivity contribution is 5.86. The maximum absolute atomic E-state index is 11.1. The lowest BCUT2D eigenvalue weighted by atomic mass is 9.99. The Kier molecular flexibility index (Phi) is 5.39. The number of phenols is 1. The fourth-order valence-corrected chi connectivity index (χ4v) is 3.47. The minimum Gasteiger partial charge on any atom is -0.505 e. The van der Waals surface area contributed by atoms with Crippen LogP contribution in [0.25, 0.3) is 10.9 Å². The van der Waals surface area contributed by atoms with Crippen molar-refractivity contribution in [2.24, 2.45) is 0 Å². The van der Waals surface area contributed by atoms with Crippen LogP contribution in [0, 0.1) is 6.92 Å². The summed E-state index contributed by atoms with van der Waals surface area (Å²) in [5.41, 5.74) is 3.68. The minimum absolute atomic E-state index is 0.139. The van der Waals surface area contributed by atoms with Gasteiger partial charge in [0, 0.05) is 34.6 Å². The van der Waals surface area contributed by atoms with E-state index >= 15 is 0 Å². The number of benzene rings is 2. The second-order valence-electron chi connectivity index (χ2n) is 6.93. The lowest BCUT2D eigenvalue weighted by Crippen LogP contribution is -2.14. The fraction of sp³-hybridized carbons (Fsp3) is 0.167. The molecule has 152 valence electrons. The van der Waals surface area contributed by atoms with E-state index in [2.05, 4.69) is 15.3 Å². The fourth-order valence-electron chi connectivity index (χ4n) is 3.47. The van der Waals surface area contributed by atoms with Crippen LogP contribution in [0.4, 0.5) is 5.69 Å². The van der Waals surface area contributed by atoms with Gasteiger partial charge in [0.05, 0.1) is 26.0 Å². The van der Waals surface area contributed by atoms with Crippen LogP contribution in [-0.2, 0) is 0 Å². The van der Waals surface area contributed by atoms with Crippen molar-refractivity contribution in [3.05, 3.63) is 83.8 Å². The number of nitrogens with one attached hydrogen (secondary N) is 1. The molecule has 0 saturated heterocycles. The molecule has 6 heteroatoms. The summed E-state index contributed by atoms with van der Waals surface area (Å²) in [7, 11) is 3.20. The summed E-state index contributed by atoms with van der Waals surface area (Å²) in [5, 5.41) is 15.4. The second-order valence-corrected chi connectivity index (χ2v) is 6.93. The van der Waals surface area contributed by atoms with Crippen molar-refractivity contribution in [3.8, 4) is 17.2 Å². The smallest absolute Gasteiger partial charge is 0.162 e. The van der Waals surface area contributed by atoms with Crippen molar-refractivity contribution in [1.29, 1.82) is 0 Å². The predicted molar refractivity (Wildman–Crippen MR) is 117 cm³/mol. The number of ether oxygens (including phenoxy) is 2. The molecule has 0 fully saturated rings. The molecule has 1 unspecified atom stereocenters. The monoisotopic (exact) mass is 401 g/mol. The number of anilines is 1. The first-order valence-corrected chi connectivity index (χ1v) is 9.59. The molecule has 2 aromatic carbocycles. The summed E-state index contributed by atoms with van der Waals surface area (Å²) in [5.74, 6) is 1.40. The van der Waals surface area contributed by atoms with Gasteiger partial charge in [0.1, 0.15) is 11.3 Å². The van der Waals surface area contributed by atoms with Gasteiger partial charge in [0.2, 0.25) is 0 Å². The van der Waals surface area contributed by atoms with Crippen molar-refractivity contribution in [1.82, 2.24) is 9.97 Å². The van der Waals surface area contributed by atoms with Crippen molar-refractivity contribution < 1.29 is 14.6 Å². The Morgan fingerprint density at radius 3 is 2.47 bits per heavy atom. The number of rotatable bonds is 6. The highest BCUT2D eigenvalue weighted by Crippen LogP contribution is 2.37. The van der Waals surface area contributed by atoms with E-state index < -0.39 is 6.04 Å². The summed E-state index contributed by atoms with van der Waals surface area (Å²) < 4.78 is 10.8. The van der Waals surface area contributed by atoms with Crippen LogP contribution in [0.2, 0.25) is 0 Å². The van der Waals surface area contributed by atoms with Gasteiger partial charge in [-0.3, -0.25) is 4.98 Å². The highest BCUT2D eigenvalue weighted by Gasteiger charge is 2.21. The number of phenolic OH excluding ortho intramolecular Hbond substituents is 1. The van der Waals surface area contributed by atoms with E-state index in [1.165, 1.54) is 0 Å². The SMILES string of the molecule is COc1ccc(NC(c2ccccn2)c2ccc3ccc(C)nc3c2O)cc1OC. The minimum atomic E-state index is -0.393. The molecule has 0 aliphatic rings. The number of fused-ring (bicyclic) bond motifs is 1. The molecule has 0 amide bonds. The normalized spacial score (nSPS) is 11.8. The van der Waals surface area contributed by atoms with Gasteiger partial charge in [-0.05, 0) is 37.3 Å². The van der Waals surface area contributed by atoms with Crippen LogP contribution in [0.1, 0.15) is 23.0 Å². The standard InChI is InChI=1S/C24H23N3O3/c1-15-7-8-16-9-11-18(24(28)22(16)26-15)23(19-6-4-5-13-25-19)27-17-10-12-20(29-2)21(14-17)30-3/h4-14,23,27-28H,1-3H3. The van der Waals surface area contributed by atoms with Gasteiger partial charge in [-0.1, -0.05) is 24.3 Å². The largest absolute Gasteiger partial charge is 0.505 e. The van der Waals surface area contributed by atoms with Crippen LogP contribution in [0.15, 0.2) is 66.9 Å². The summed E-state index contributed by atoms with van der Waals surface area (Å²) in [6.07, 6.45) is 1.74. The van der Waals surface area contributed by atoms with Crippen molar-refractivity contribution in [3.63, 3.8) is 0 Å². The van der Waals surface area contributed by atoms with E-state index in [1.807, 2.05) is 67.6 Å². The molecule has 4 rings (SSSR count). The number of aryl methyl sites for hydroxylation is 1. The number of pyridine rings is 2. The molecule has 2 aromatic heterocycles. The van der Waals surface area contributed by atoms with E-state index in [9.17, 15) is 5.11 Å². The zero-order valence-electron chi connectivity index (χ0n) is 17.1. The van der Waals surface area contributed by atoms with Gasteiger partial charge in [-0.25, -0.2) is 4.98 Å². The average molecular weight is 401 g/mol. The molecular formula is C24H23N3O3. The van der Waals surface area contributed by atoms with Gasteiger partial charge < -0.3 is 19.9 Å². The molecule has 0 saturated carbocycles. The first-order chi connectivity index (χ1) is 14.6. The summed E-state index contributed by atoms with van der Waals surface area (Å²) in [6, 6.07) is 18.7. The number of nitrogens with zero attached hydrogens (tertiary/aromatic N) is 2. The number of aromatic nitrogens is 2. The van der Waals surface area contributed by atoms with Gasteiger partial charge in [-0.15, -0.1) is 0 Å². The van der Waals surface area contributed by atoms with Crippen molar-refractivity contribution >= 4 is 16.6 Å². The topological polar surface area (TPSA) is 76.5 Å². The first-order valence-electron chi connectivity index (χ1n) is 9.59. The third-order valence-corrected chi connectivity index (χ3v) is 4.99. The molecule has 0 aliphatic heterocycles. The number of hydrogen-bond donors (Lipinski definition) is 2. The van der Waals surface area contributed by atoms with Gasteiger partial charge in [0.15, 0.2) is 11.5 Å². The zero-order valence-corrected chi connectivity index (χ0v) is 17.1. The van der Waals surface area contributed by atoms with Crippen LogP contribution >= 0.6 is 0 Å². The number of hydrogen-bond acceptors (Lipinski definition) is 6. The second kappa shape index (κ2) is 8.29. The van der Waals surface area contributed by atoms with Gasteiger partial charge >= 0.3 is 0 Å². The first kappa shape index (κ1) is 19.5. The third kappa shape index (κ3) is 3.72. The lowest BCUT2D eigenvalue weighted by molar-refractivity contribution is 0.355. The van der Waals surface area contributed by atoms with Crippen LogP contribution in [0.5, 0.6) is 17.2 Å². The summed E-state index contributed by atoms with van der Waals surface area (Å²) >= 11 is 0. The molecule has 2 heterocycles. The zero-order chi connectivity index (χ0) is 21.1. The van der Waals surface area contributed by atoms with Crippen LogP contribution < -0.4 is 14.8 Å². The molecule has 6 nitrogen and oxygen atoms in total. The molecular weight excluding hydrogens is 378 g/mol. The van der Waals surface area contributed by atoms with Crippen molar-refractivity contribution in [2.75, 3.05) is 19.5 Å². The van der Waals surface area contributed by atoms with Crippen LogP contribution in [0.3, 0.4) is 0 Å². The van der Waals surface area contributed by atoms with E-state index in [0.29, 0.717) is 22.6 Å². The Bertz CT molecular complexity index is 1180. The maximum atomic E-state index is 11.1. The molecule has 4 aromatic rings. The van der Waals surface area contributed by atoms with Crippen LogP contribution in [-0.4, -0.2) is 29.3 Å². The predicted octanol–water partition coefficient (Wildman–Crippen LogP) is 4.86. The molecule has 1 atom stereocenters. The van der Waals surface area contributed by atoms with E-state index in [4.69, 9.17) is 9.47 Å². The molecule has 30 heavy (non-hydrogen) atoms. The Labute approximate surface area is 175 Å². The summed E-state index contributed by atoms with van der Waals surface area (Å²) in [4.78, 5) is 9.05. The average Bonchev–Trinajstić information content (AvgIpc) is 2.79. The van der Waals surface area contributed by atoms with Crippen molar-refractivity contribution in [2.45, 2.75) is 13.0 Å². The Balaban J connectivity index is 1.82.